The molecule has 1 atom stereocenters. The van der Waals surface area contributed by atoms with E-state index in [-0.39, 0.29) is 11.9 Å². The number of aryl methyl sites for hydroxylation is 1. The van der Waals surface area contributed by atoms with Gasteiger partial charge in [-0.2, -0.15) is 0 Å². The van der Waals surface area contributed by atoms with Crippen molar-refractivity contribution in [2.45, 2.75) is 45.1 Å². The van der Waals surface area contributed by atoms with Gasteiger partial charge in [-0.15, -0.1) is 0 Å². The average Bonchev–Trinajstić information content (AvgIpc) is 2.79. The van der Waals surface area contributed by atoms with Crippen molar-refractivity contribution >= 4 is 5.91 Å². The molecular formula is C16H19N3O2. The van der Waals surface area contributed by atoms with Crippen molar-refractivity contribution in [3.63, 3.8) is 0 Å². The first-order valence-corrected chi connectivity index (χ1v) is 7.34. The third-order valence-corrected chi connectivity index (χ3v) is 3.96. The number of oxazole rings is 1. The largest absolute Gasteiger partial charge is 0.445 e. The number of pyridine rings is 1. The summed E-state index contributed by atoms with van der Waals surface area (Å²) in [6, 6.07) is 5.48. The fourth-order valence-electron chi connectivity index (χ4n) is 2.43. The number of rotatable bonds is 4. The van der Waals surface area contributed by atoms with Gasteiger partial charge >= 0.3 is 0 Å². The quantitative estimate of drug-likeness (QED) is 0.937. The smallest absolute Gasteiger partial charge is 0.274 e. The molecular weight excluding hydrogens is 266 g/mol. The van der Waals surface area contributed by atoms with Crippen molar-refractivity contribution in [2.24, 2.45) is 0 Å². The van der Waals surface area contributed by atoms with Crippen molar-refractivity contribution in [1.29, 1.82) is 0 Å². The molecule has 1 saturated carbocycles. The van der Waals surface area contributed by atoms with Crippen molar-refractivity contribution in [1.82, 2.24) is 15.3 Å². The van der Waals surface area contributed by atoms with Crippen LogP contribution in [0.3, 0.4) is 0 Å². The molecule has 0 bridgehead atoms. The van der Waals surface area contributed by atoms with Gasteiger partial charge in [-0.25, -0.2) is 4.98 Å². The fraction of sp³-hybridized carbons (Fsp3) is 0.438. The molecule has 0 aromatic carbocycles. The molecule has 21 heavy (non-hydrogen) atoms. The standard InChI is InChI=1S/C16H19N3O2/c1-10(13-8-3-4-9-17-13)18-15(20)14-11(2)21-16(19-14)12-6-5-7-12/h3-4,8-10,12H,5-7H2,1-2H3,(H,18,20)/t10-/m0/s1. The summed E-state index contributed by atoms with van der Waals surface area (Å²) in [6.45, 7) is 3.69. The maximum Gasteiger partial charge on any atom is 0.274 e. The number of carbonyl (C=O) groups excluding carboxylic acids is 1. The van der Waals surface area contributed by atoms with Gasteiger partial charge in [-0.1, -0.05) is 12.5 Å². The SMILES string of the molecule is Cc1oc(C2CCC2)nc1C(=O)N[C@@H](C)c1ccccn1. The number of nitrogens with one attached hydrogen (secondary N) is 1. The number of hydrogen-bond donors (Lipinski definition) is 1. The van der Waals surface area contributed by atoms with E-state index < -0.39 is 0 Å². The van der Waals surface area contributed by atoms with E-state index in [1.807, 2.05) is 25.1 Å². The molecule has 1 aliphatic rings. The molecule has 0 unspecified atom stereocenters. The van der Waals surface area contributed by atoms with Gasteiger partial charge in [0.05, 0.1) is 11.7 Å². The molecule has 2 heterocycles. The van der Waals surface area contributed by atoms with Gasteiger partial charge in [0.15, 0.2) is 11.6 Å². The Morgan fingerprint density at radius 3 is 2.86 bits per heavy atom. The lowest BCUT2D eigenvalue weighted by atomic mass is 9.85. The van der Waals surface area contributed by atoms with Gasteiger partial charge in [0.25, 0.3) is 5.91 Å². The summed E-state index contributed by atoms with van der Waals surface area (Å²) >= 11 is 0. The highest BCUT2D eigenvalue weighted by Crippen LogP contribution is 2.36. The number of aromatic nitrogens is 2. The third kappa shape index (κ3) is 2.82. The van der Waals surface area contributed by atoms with Crippen molar-refractivity contribution < 1.29 is 9.21 Å². The van der Waals surface area contributed by atoms with Crippen LogP contribution in [0.2, 0.25) is 0 Å². The van der Waals surface area contributed by atoms with Crippen LogP contribution in [0.25, 0.3) is 0 Å². The molecule has 0 spiro atoms. The Balaban J connectivity index is 1.71. The lowest BCUT2D eigenvalue weighted by Crippen LogP contribution is -2.28. The number of hydrogen-bond acceptors (Lipinski definition) is 4. The van der Waals surface area contributed by atoms with E-state index in [1.54, 1.807) is 13.1 Å². The molecule has 1 amide bonds. The fourth-order valence-corrected chi connectivity index (χ4v) is 2.43. The van der Waals surface area contributed by atoms with E-state index in [4.69, 9.17) is 4.42 Å². The Morgan fingerprint density at radius 1 is 1.43 bits per heavy atom. The molecule has 110 valence electrons. The van der Waals surface area contributed by atoms with E-state index in [2.05, 4.69) is 15.3 Å². The normalized spacial score (nSPS) is 16.3. The molecule has 0 radical (unpaired) electrons. The minimum atomic E-state index is -0.208. The minimum absolute atomic E-state index is 0.165. The highest BCUT2D eigenvalue weighted by Gasteiger charge is 2.27. The predicted molar refractivity (Wildman–Crippen MR) is 78.0 cm³/mol. The van der Waals surface area contributed by atoms with Gasteiger partial charge in [0, 0.05) is 12.1 Å². The zero-order chi connectivity index (χ0) is 14.8. The molecule has 2 aromatic rings. The Bertz CT molecular complexity index is 632. The van der Waals surface area contributed by atoms with Crippen LogP contribution in [0.5, 0.6) is 0 Å². The van der Waals surface area contributed by atoms with Crippen LogP contribution >= 0.6 is 0 Å². The van der Waals surface area contributed by atoms with E-state index in [1.165, 1.54) is 6.42 Å². The summed E-state index contributed by atoms with van der Waals surface area (Å²) in [5.74, 6) is 1.47. The molecule has 5 heteroatoms. The molecule has 0 saturated heterocycles. The Morgan fingerprint density at radius 2 is 2.24 bits per heavy atom. The molecule has 2 aromatic heterocycles. The van der Waals surface area contributed by atoms with Crippen LogP contribution in [0.15, 0.2) is 28.8 Å². The summed E-state index contributed by atoms with van der Waals surface area (Å²) in [5.41, 5.74) is 1.21. The maximum absolute atomic E-state index is 12.3. The molecule has 1 fully saturated rings. The van der Waals surface area contributed by atoms with Crippen LogP contribution < -0.4 is 5.32 Å². The molecule has 5 nitrogen and oxygen atoms in total. The zero-order valence-electron chi connectivity index (χ0n) is 12.3. The first-order chi connectivity index (χ1) is 10.1. The Kier molecular flexibility index (Phi) is 3.73. The van der Waals surface area contributed by atoms with Crippen LogP contribution in [0.1, 0.15) is 66.0 Å². The number of carbonyl (C=O) groups is 1. The second-order valence-electron chi connectivity index (χ2n) is 5.53. The van der Waals surface area contributed by atoms with Crippen molar-refractivity contribution in [3.8, 4) is 0 Å². The summed E-state index contributed by atoms with van der Waals surface area (Å²) in [5, 5.41) is 2.92. The lowest BCUT2D eigenvalue weighted by Gasteiger charge is -2.21. The molecule has 3 rings (SSSR count). The van der Waals surface area contributed by atoms with Crippen LogP contribution in [-0.2, 0) is 0 Å². The van der Waals surface area contributed by atoms with E-state index in [0.29, 0.717) is 23.3 Å². The van der Waals surface area contributed by atoms with Gasteiger partial charge in [-0.3, -0.25) is 9.78 Å². The minimum Gasteiger partial charge on any atom is -0.445 e. The monoisotopic (exact) mass is 285 g/mol. The zero-order valence-corrected chi connectivity index (χ0v) is 12.3. The Hall–Kier alpha value is -2.17. The van der Waals surface area contributed by atoms with Gasteiger partial charge < -0.3 is 9.73 Å². The summed E-state index contributed by atoms with van der Waals surface area (Å²) < 4.78 is 5.64. The highest BCUT2D eigenvalue weighted by atomic mass is 16.4. The molecule has 0 aliphatic heterocycles. The van der Waals surface area contributed by atoms with Gasteiger partial charge in [0.1, 0.15) is 5.76 Å². The summed E-state index contributed by atoms with van der Waals surface area (Å²) in [4.78, 5) is 21.0. The van der Waals surface area contributed by atoms with Gasteiger partial charge in [-0.05, 0) is 38.8 Å². The van der Waals surface area contributed by atoms with E-state index in [0.717, 1.165) is 18.5 Å². The second-order valence-corrected chi connectivity index (χ2v) is 5.53. The maximum atomic E-state index is 12.3. The van der Waals surface area contributed by atoms with E-state index >= 15 is 0 Å². The van der Waals surface area contributed by atoms with Crippen molar-refractivity contribution in [2.75, 3.05) is 0 Å². The van der Waals surface area contributed by atoms with Gasteiger partial charge in [0.2, 0.25) is 0 Å². The first-order valence-electron chi connectivity index (χ1n) is 7.34. The predicted octanol–water partition coefficient (Wildman–Crippen LogP) is 3.14. The number of amides is 1. The lowest BCUT2D eigenvalue weighted by molar-refractivity contribution is 0.0933. The second kappa shape index (κ2) is 5.68. The first kappa shape index (κ1) is 13.8. The van der Waals surface area contributed by atoms with Crippen molar-refractivity contribution in [3.05, 3.63) is 47.4 Å². The summed E-state index contributed by atoms with van der Waals surface area (Å²) in [7, 11) is 0. The average molecular weight is 285 g/mol. The third-order valence-electron chi connectivity index (χ3n) is 3.96. The Labute approximate surface area is 123 Å². The number of nitrogens with zero attached hydrogens (tertiary/aromatic N) is 2. The summed E-state index contributed by atoms with van der Waals surface area (Å²) in [6.07, 6.45) is 5.13. The topological polar surface area (TPSA) is 68.0 Å². The molecule has 1 N–H and O–H groups in total. The highest BCUT2D eigenvalue weighted by molar-refractivity contribution is 5.93. The van der Waals surface area contributed by atoms with Crippen LogP contribution in [0.4, 0.5) is 0 Å². The van der Waals surface area contributed by atoms with E-state index in [9.17, 15) is 4.79 Å². The molecule has 1 aliphatic carbocycles. The van der Waals surface area contributed by atoms with Crippen LogP contribution in [0, 0.1) is 6.92 Å². The van der Waals surface area contributed by atoms with Crippen LogP contribution in [-0.4, -0.2) is 15.9 Å².